The molecule has 0 aromatic rings. The van der Waals surface area contributed by atoms with E-state index in [1.54, 1.807) is 0 Å². The Kier molecular flexibility index (Phi) is 13.6. The fourth-order valence-electron chi connectivity index (χ4n) is 0. The van der Waals surface area contributed by atoms with E-state index in [1.165, 1.54) is 13.8 Å². The van der Waals surface area contributed by atoms with E-state index >= 15 is 0 Å². The van der Waals surface area contributed by atoms with Gasteiger partial charge in [0.1, 0.15) is 12.1 Å². The van der Waals surface area contributed by atoms with Crippen LogP contribution in [0, 0.1) is 0 Å². The normalized spacial score (nSPS) is 12.6. The summed E-state index contributed by atoms with van der Waals surface area (Å²) in [5.41, 5.74) is 9.67. The zero-order chi connectivity index (χ0) is 10.3. The summed E-state index contributed by atoms with van der Waals surface area (Å²) in [6.45, 7) is 2.84. The fourth-order valence-corrected chi connectivity index (χ4v) is 0. The first-order valence-electron chi connectivity index (χ1n) is 3.25. The SMILES string of the molecule is C[C@H](N)C(=O)O.C[C@H](N)C(=O)O.[Pd]. The minimum absolute atomic E-state index is 0. The third-order valence-electron chi connectivity index (χ3n) is 0.779. The molecule has 0 aliphatic carbocycles. The third kappa shape index (κ3) is 18.5. The summed E-state index contributed by atoms with van der Waals surface area (Å²) in [5, 5.41) is 15.7. The molecule has 0 saturated heterocycles. The van der Waals surface area contributed by atoms with Crippen LogP contribution in [-0.4, -0.2) is 34.2 Å². The largest absolute Gasteiger partial charge is 0.480 e. The van der Waals surface area contributed by atoms with Crippen molar-refractivity contribution >= 4 is 11.9 Å². The van der Waals surface area contributed by atoms with E-state index < -0.39 is 24.0 Å². The van der Waals surface area contributed by atoms with Gasteiger partial charge in [-0.05, 0) is 13.8 Å². The Morgan fingerprint density at radius 1 is 1.00 bits per heavy atom. The summed E-state index contributed by atoms with van der Waals surface area (Å²) < 4.78 is 0. The summed E-state index contributed by atoms with van der Waals surface area (Å²) >= 11 is 0. The van der Waals surface area contributed by atoms with Crippen LogP contribution < -0.4 is 11.5 Å². The van der Waals surface area contributed by atoms with Crippen LogP contribution in [-0.2, 0) is 30.0 Å². The topological polar surface area (TPSA) is 127 Å². The number of hydrogen-bond donors (Lipinski definition) is 4. The first-order valence-corrected chi connectivity index (χ1v) is 3.25. The van der Waals surface area contributed by atoms with Crippen LogP contribution in [0.15, 0.2) is 0 Å². The molecule has 0 bridgehead atoms. The van der Waals surface area contributed by atoms with Crippen LogP contribution in [0.4, 0.5) is 0 Å². The van der Waals surface area contributed by atoms with E-state index in [0.717, 1.165) is 0 Å². The van der Waals surface area contributed by atoms with E-state index in [4.69, 9.17) is 21.7 Å². The predicted octanol–water partition coefficient (Wildman–Crippen LogP) is -1.17. The maximum Gasteiger partial charge on any atom is 0.320 e. The van der Waals surface area contributed by atoms with Crippen molar-refractivity contribution in [1.82, 2.24) is 0 Å². The third-order valence-corrected chi connectivity index (χ3v) is 0.779. The second-order valence-electron chi connectivity index (χ2n) is 2.25. The number of nitrogens with two attached hydrogens (primary N) is 2. The zero-order valence-electron chi connectivity index (χ0n) is 7.34. The van der Waals surface area contributed by atoms with E-state index in [2.05, 4.69) is 0 Å². The van der Waals surface area contributed by atoms with Gasteiger partial charge in [0.05, 0.1) is 0 Å². The second-order valence-corrected chi connectivity index (χ2v) is 2.25. The summed E-state index contributed by atoms with van der Waals surface area (Å²) in [5.74, 6) is -1.93. The molecule has 82 valence electrons. The van der Waals surface area contributed by atoms with Gasteiger partial charge in [-0.2, -0.15) is 0 Å². The number of carboxylic acids is 2. The van der Waals surface area contributed by atoms with Crippen LogP contribution >= 0.6 is 0 Å². The van der Waals surface area contributed by atoms with Crippen LogP contribution in [0.2, 0.25) is 0 Å². The van der Waals surface area contributed by atoms with E-state index in [-0.39, 0.29) is 20.4 Å². The number of rotatable bonds is 2. The van der Waals surface area contributed by atoms with Gasteiger partial charge in [-0.25, -0.2) is 0 Å². The molecule has 2 atom stereocenters. The number of carbonyl (C=O) groups is 2. The zero-order valence-corrected chi connectivity index (χ0v) is 8.89. The molecule has 0 aliphatic heterocycles. The summed E-state index contributed by atoms with van der Waals surface area (Å²) in [6, 6.07) is -1.46. The Morgan fingerprint density at radius 2 is 1.08 bits per heavy atom. The number of carboxylic acid groups (broad SMARTS) is 2. The molecule has 0 aromatic heterocycles. The maximum atomic E-state index is 9.57. The van der Waals surface area contributed by atoms with Crippen molar-refractivity contribution in [3.8, 4) is 0 Å². The van der Waals surface area contributed by atoms with Crippen LogP contribution in [0.1, 0.15) is 13.8 Å². The van der Waals surface area contributed by atoms with Gasteiger partial charge in [0.2, 0.25) is 0 Å². The second kappa shape index (κ2) is 9.61. The Labute approximate surface area is 89.9 Å². The van der Waals surface area contributed by atoms with Gasteiger partial charge < -0.3 is 21.7 Å². The fraction of sp³-hybridized carbons (Fsp3) is 0.667. The molecule has 0 heterocycles. The minimum atomic E-state index is -0.963. The predicted molar refractivity (Wildman–Crippen MR) is 42.6 cm³/mol. The van der Waals surface area contributed by atoms with Crippen molar-refractivity contribution in [3.63, 3.8) is 0 Å². The van der Waals surface area contributed by atoms with Crippen molar-refractivity contribution in [2.75, 3.05) is 0 Å². The average Bonchev–Trinajstić information content (AvgIpc) is 1.88. The van der Waals surface area contributed by atoms with E-state index in [0.29, 0.717) is 0 Å². The van der Waals surface area contributed by atoms with E-state index in [9.17, 15) is 9.59 Å². The molecule has 6 nitrogen and oxygen atoms in total. The van der Waals surface area contributed by atoms with Crippen molar-refractivity contribution in [2.45, 2.75) is 25.9 Å². The van der Waals surface area contributed by atoms with Gasteiger partial charge in [0.15, 0.2) is 0 Å². The molecule has 0 fully saturated rings. The Hall–Kier alpha value is -0.478. The number of hydrogen-bond acceptors (Lipinski definition) is 4. The molecule has 0 saturated carbocycles. The van der Waals surface area contributed by atoms with Crippen molar-refractivity contribution in [2.24, 2.45) is 11.5 Å². The molecule has 0 radical (unpaired) electrons. The summed E-state index contributed by atoms with van der Waals surface area (Å²) in [6.07, 6.45) is 0. The van der Waals surface area contributed by atoms with Gasteiger partial charge in [-0.15, -0.1) is 0 Å². The quantitative estimate of drug-likeness (QED) is 0.474. The molecule has 6 N–H and O–H groups in total. The Morgan fingerprint density at radius 3 is 1.08 bits per heavy atom. The Balaban J connectivity index is -0.000000143. The molecule has 0 amide bonds. The monoisotopic (exact) mass is 284 g/mol. The molecule has 13 heavy (non-hydrogen) atoms. The summed E-state index contributed by atoms with van der Waals surface area (Å²) in [7, 11) is 0. The standard InChI is InChI=1S/2C3H7NO2.Pd/c2*1-2(4)3(5)6;/h2*2H,4H2,1H3,(H,5,6);/t2*2-;/m00./s1. The molecule has 0 aliphatic rings. The van der Waals surface area contributed by atoms with Crippen molar-refractivity contribution < 1.29 is 40.2 Å². The van der Waals surface area contributed by atoms with Gasteiger partial charge in [0.25, 0.3) is 0 Å². The van der Waals surface area contributed by atoms with Crippen LogP contribution in [0.5, 0.6) is 0 Å². The first-order chi connectivity index (χ1) is 5.29. The molecule has 0 unspecified atom stereocenters. The smallest absolute Gasteiger partial charge is 0.320 e. The summed E-state index contributed by atoms with van der Waals surface area (Å²) in [4.78, 5) is 19.1. The first kappa shape index (κ1) is 18.3. The van der Waals surface area contributed by atoms with Gasteiger partial charge in [-0.1, -0.05) is 0 Å². The van der Waals surface area contributed by atoms with Gasteiger partial charge in [-0.3, -0.25) is 9.59 Å². The molecule has 0 aromatic carbocycles. The molecular formula is C6H14N2O4Pd. The van der Waals surface area contributed by atoms with Gasteiger partial charge in [0, 0.05) is 20.4 Å². The molecular weight excluding hydrogens is 270 g/mol. The van der Waals surface area contributed by atoms with Crippen LogP contribution in [0.25, 0.3) is 0 Å². The molecule has 0 rings (SSSR count). The molecule has 0 spiro atoms. The van der Waals surface area contributed by atoms with Gasteiger partial charge >= 0.3 is 11.9 Å². The van der Waals surface area contributed by atoms with Crippen molar-refractivity contribution in [3.05, 3.63) is 0 Å². The molecule has 7 heteroatoms. The van der Waals surface area contributed by atoms with Crippen LogP contribution in [0.3, 0.4) is 0 Å². The Bertz CT molecular complexity index is 143. The minimum Gasteiger partial charge on any atom is -0.480 e. The number of aliphatic carboxylic acids is 2. The maximum absolute atomic E-state index is 9.57. The average molecular weight is 285 g/mol. The van der Waals surface area contributed by atoms with Crippen molar-refractivity contribution in [1.29, 1.82) is 0 Å². The van der Waals surface area contributed by atoms with E-state index in [1.807, 2.05) is 0 Å².